The molecule has 5 rings (SSSR count). The summed E-state index contributed by atoms with van der Waals surface area (Å²) in [6.45, 7) is 0.429. The molecule has 0 saturated carbocycles. The number of fused-ring (bicyclic) bond motifs is 3. The molecule has 1 fully saturated rings. The number of nitrogens with zero attached hydrogens (tertiary/aromatic N) is 4. The van der Waals surface area contributed by atoms with E-state index in [1.165, 1.54) is 37.3 Å². The average molecular weight is 643 g/mol. The molecule has 3 heterocycles. The molecule has 2 atom stereocenters. The third-order valence-electron chi connectivity index (χ3n) is 7.91. The molecule has 0 spiro atoms. The van der Waals surface area contributed by atoms with E-state index in [-0.39, 0.29) is 53.7 Å². The second-order valence-corrected chi connectivity index (χ2v) is 10.7. The van der Waals surface area contributed by atoms with E-state index in [4.69, 9.17) is 19.3 Å². The monoisotopic (exact) mass is 642 g/mol. The number of likely N-dealkylation sites (tertiary alicyclic amines) is 1. The Labute approximate surface area is 252 Å². The number of aromatic nitrogens is 3. The lowest BCUT2D eigenvalue weighted by Gasteiger charge is -2.32. The van der Waals surface area contributed by atoms with Gasteiger partial charge in [0, 0.05) is 30.6 Å². The van der Waals surface area contributed by atoms with E-state index in [0.717, 1.165) is 6.07 Å². The standard InChI is InChI=1S/C29H28F6N4O6/c1-43-20-5-3-4-17(25(20)44-2)24-18-13-16(28(30,31)32)6-7-19(18)39-26(36-37-27(39)29(33,34)35)21(45-24)14-22(40)38-10-8-15(9-11-38)12-23(41)42/h3-7,13,15,21,24H,8-12,14H2,1-2H3,(H,41,42)/t21-,24-/m1/s1. The van der Waals surface area contributed by atoms with Gasteiger partial charge in [0.15, 0.2) is 17.3 Å². The van der Waals surface area contributed by atoms with Gasteiger partial charge in [-0.1, -0.05) is 12.1 Å². The number of piperidine rings is 1. The highest BCUT2D eigenvalue weighted by Gasteiger charge is 2.45. The van der Waals surface area contributed by atoms with Crippen molar-refractivity contribution in [1.29, 1.82) is 0 Å². The van der Waals surface area contributed by atoms with E-state index >= 15 is 0 Å². The minimum atomic E-state index is -5.07. The zero-order valence-corrected chi connectivity index (χ0v) is 24.0. The van der Waals surface area contributed by atoms with Gasteiger partial charge in [0.25, 0.3) is 0 Å². The number of hydrogen-bond donors (Lipinski definition) is 1. The number of methoxy groups -OCH3 is 2. The number of alkyl halides is 6. The van der Waals surface area contributed by atoms with E-state index in [1.54, 1.807) is 0 Å². The summed E-state index contributed by atoms with van der Waals surface area (Å²) >= 11 is 0. The molecule has 0 aliphatic carbocycles. The van der Waals surface area contributed by atoms with Gasteiger partial charge in [-0.2, -0.15) is 26.3 Å². The summed E-state index contributed by atoms with van der Waals surface area (Å²) in [5.74, 6) is -3.31. The maximum Gasteiger partial charge on any atom is 0.452 e. The fourth-order valence-corrected chi connectivity index (χ4v) is 5.79. The Morgan fingerprint density at radius 2 is 1.67 bits per heavy atom. The molecule has 0 radical (unpaired) electrons. The maximum atomic E-state index is 14.3. The highest BCUT2D eigenvalue weighted by Crippen LogP contribution is 2.48. The quantitative estimate of drug-likeness (QED) is 0.332. The van der Waals surface area contributed by atoms with Crippen LogP contribution >= 0.6 is 0 Å². The highest BCUT2D eigenvalue weighted by atomic mass is 19.4. The largest absolute Gasteiger partial charge is 0.493 e. The number of carbonyl (C=O) groups excluding carboxylic acids is 1. The number of hydrogen-bond acceptors (Lipinski definition) is 7. The number of carboxylic acid groups (broad SMARTS) is 1. The van der Waals surface area contributed by atoms with Gasteiger partial charge in [-0.05, 0) is 43.0 Å². The van der Waals surface area contributed by atoms with Crippen LogP contribution in [0.25, 0.3) is 5.69 Å². The van der Waals surface area contributed by atoms with Crippen LogP contribution in [0.15, 0.2) is 36.4 Å². The molecular formula is C29H28F6N4O6. The molecule has 3 aromatic rings. The molecule has 1 saturated heterocycles. The molecule has 0 unspecified atom stereocenters. The van der Waals surface area contributed by atoms with Crippen LogP contribution in [0.4, 0.5) is 26.3 Å². The molecule has 1 N–H and O–H groups in total. The summed E-state index contributed by atoms with van der Waals surface area (Å²) in [4.78, 5) is 26.1. The van der Waals surface area contributed by atoms with Gasteiger partial charge in [0.05, 0.1) is 31.9 Å². The second kappa shape index (κ2) is 12.2. The van der Waals surface area contributed by atoms with Crippen molar-refractivity contribution in [3.05, 3.63) is 64.7 Å². The van der Waals surface area contributed by atoms with Gasteiger partial charge in [0.1, 0.15) is 12.2 Å². The number of halogens is 6. The molecule has 10 nitrogen and oxygen atoms in total. The van der Waals surface area contributed by atoms with Crippen molar-refractivity contribution >= 4 is 11.9 Å². The van der Waals surface area contributed by atoms with Crippen molar-refractivity contribution in [2.75, 3.05) is 27.3 Å². The predicted molar refractivity (Wildman–Crippen MR) is 143 cm³/mol. The summed E-state index contributed by atoms with van der Waals surface area (Å²) in [6.07, 6.45) is -12.7. The molecule has 2 aliphatic rings. The van der Waals surface area contributed by atoms with Crippen LogP contribution in [-0.4, -0.2) is 64.0 Å². The van der Waals surface area contributed by atoms with Crippen LogP contribution in [0.2, 0.25) is 0 Å². The number of ether oxygens (including phenoxy) is 3. The van der Waals surface area contributed by atoms with Crippen LogP contribution in [-0.2, 0) is 26.7 Å². The summed E-state index contributed by atoms with van der Waals surface area (Å²) in [7, 11) is 2.63. The smallest absolute Gasteiger partial charge is 0.452 e. The van der Waals surface area contributed by atoms with Crippen molar-refractivity contribution in [2.45, 2.75) is 50.2 Å². The fourth-order valence-electron chi connectivity index (χ4n) is 5.79. The number of benzene rings is 2. The lowest BCUT2D eigenvalue weighted by molar-refractivity contribution is -0.146. The van der Waals surface area contributed by atoms with E-state index in [2.05, 4.69) is 10.2 Å². The molecule has 16 heteroatoms. The van der Waals surface area contributed by atoms with Crippen molar-refractivity contribution in [2.24, 2.45) is 5.92 Å². The average Bonchev–Trinajstić information content (AvgIpc) is 3.39. The lowest BCUT2D eigenvalue weighted by Crippen LogP contribution is -2.39. The van der Waals surface area contributed by atoms with Gasteiger partial charge in [0.2, 0.25) is 11.7 Å². The van der Waals surface area contributed by atoms with Crippen molar-refractivity contribution in [1.82, 2.24) is 19.7 Å². The molecule has 242 valence electrons. The third-order valence-corrected chi connectivity index (χ3v) is 7.91. The summed E-state index contributed by atoms with van der Waals surface area (Å²) in [6, 6.07) is 6.74. The Balaban J connectivity index is 1.64. The number of rotatable bonds is 7. The minimum absolute atomic E-state index is 0.0562. The molecule has 0 bridgehead atoms. The van der Waals surface area contributed by atoms with E-state index in [9.17, 15) is 35.9 Å². The Bertz CT molecular complexity index is 1580. The zero-order chi connectivity index (χ0) is 32.7. The van der Waals surface area contributed by atoms with Crippen molar-refractivity contribution in [3.63, 3.8) is 0 Å². The zero-order valence-electron chi connectivity index (χ0n) is 24.0. The van der Waals surface area contributed by atoms with Gasteiger partial charge < -0.3 is 24.2 Å². The summed E-state index contributed by atoms with van der Waals surface area (Å²) < 4.78 is 102. The predicted octanol–water partition coefficient (Wildman–Crippen LogP) is 5.59. The topological polar surface area (TPSA) is 116 Å². The first-order valence-corrected chi connectivity index (χ1v) is 13.8. The Morgan fingerprint density at radius 3 is 2.27 bits per heavy atom. The maximum absolute atomic E-state index is 14.3. The van der Waals surface area contributed by atoms with Crippen LogP contribution < -0.4 is 9.47 Å². The van der Waals surface area contributed by atoms with E-state index in [0.29, 0.717) is 29.5 Å². The number of carbonyl (C=O) groups is 2. The molecular weight excluding hydrogens is 614 g/mol. The molecule has 2 aliphatic heterocycles. The SMILES string of the molecule is COc1cccc([C@H]2O[C@H](CC(=O)N3CCC(CC(=O)O)CC3)c3nnc(C(F)(F)F)n3-c3ccc(C(F)(F)F)cc32)c1OC. The Morgan fingerprint density at radius 1 is 0.956 bits per heavy atom. The Kier molecular flexibility index (Phi) is 8.70. The molecule has 1 amide bonds. The highest BCUT2D eigenvalue weighted by molar-refractivity contribution is 5.77. The van der Waals surface area contributed by atoms with Crippen molar-refractivity contribution in [3.8, 4) is 17.2 Å². The first kappa shape index (κ1) is 32.1. The number of para-hydroxylation sites is 1. The second-order valence-electron chi connectivity index (χ2n) is 10.7. The number of amides is 1. The summed E-state index contributed by atoms with van der Waals surface area (Å²) in [5.41, 5.74) is -1.63. The minimum Gasteiger partial charge on any atom is -0.493 e. The first-order valence-electron chi connectivity index (χ1n) is 13.8. The molecule has 1 aromatic heterocycles. The van der Waals surface area contributed by atoms with Crippen LogP contribution in [0.5, 0.6) is 11.5 Å². The fraction of sp³-hybridized carbons (Fsp3) is 0.448. The Hall–Kier alpha value is -4.34. The van der Waals surface area contributed by atoms with Gasteiger partial charge >= 0.3 is 18.3 Å². The van der Waals surface area contributed by atoms with Gasteiger partial charge in [-0.15, -0.1) is 10.2 Å². The lowest BCUT2D eigenvalue weighted by atomic mass is 9.93. The number of carboxylic acids is 1. The van der Waals surface area contributed by atoms with Crippen molar-refractivity contribution < 1.29 is 55.2 Å². The normalized spacial score (nSPS) is 19.0. The third kappa shape index (κ3) is 6.41. The van der Waals surface area contributed by atoms with Gasteiger partial charge in [-0.3, -0.25) is 14.2 Å². The van der Waals surface area contributed by atoms with Crippen LogP contribution in [0, 0.1) is 5.92 Å². The number of aliphatic carboxylic acids is 1. The van der Waals surface area contributed by atoms with E-state index < -0.39 is 60.1 Å². The molecule has 2 aromatic carbocycles. The first-order chi connectivity index (χ1) is 21.2. The van der Waals surface area contributed by atoms with Crippen LogP contribution in [0.3, 0.4) is 0 Å². The molecule has 45 heavy (non-hydrogen) atoms. The van der Waals surface area contributed by atoms with E-state index in [1.807, 2.05) is 0 Å². The van der Waals surface area contributed by atoms with Crippen LogP contribution in [0.1, 0.15) is 66.2 Å². The van der Waals surface area contributed by atoms with Gasteiger partial charge in [-0.25, -0.2) is 0 Å². The summed E-state index contributed by atoms with van der Waals surface area (Å²) in [5, 5.41) is 16.1.